The lowest BCUT2D eigenvalue weighted by Crippen LogP contribution is -2.12. The van der Waals surface area contributed by atoms with E-state index in [0.717, 1.165) is 14.8 Å². The summed E-state index contributed by atoms with van der Waals surface area (Å²) in [6.07, 6.45) is -1.11. The van der Waals surface area contributed by atoms with Crippen molar-refractivity contribution in [2.75, 3.05) is 16.4 Å². The first-order valence-corrected chi connectivity index (χ1v) is 9.33. The second-order valence-corrected chi connectivity index (χ2v) is 7.69. The molecular weight excluding hydrogens is 386 g/mol. The van der Waals surface area contributed by atoms with Crippen molar-refractivity contribution in [1.29, 1.82) is 0 Å². The zero-order valence-corrected chi connectivity index (χ0v) is 15.7. The predicted molar refractivity (Wildman–Crippen MR) is 106 cm³/mol. The van der Waals surface area contributed by atoms with E-state index in [1.807, 2.05) is 6.92 Å². The highest BCUT2D eigenvalue weighted by Gasteiger charge is 2.12. The first kappa shape index (κ1) is 18.7. The minimum atomic E-state index is -1.11. The van der Waals surface area contributed by atoms with Crippen molar-refractivity contribution in [3.8, 4) is 0 Å². The normalized spacial score (nSPS) is 10.4. The van der Waals surface area contributed by atoms with Crippen molar-refractivity contribution >= 4 is 51.6 Å². The Morgan fingerprint density at radius 2 is 1.85 bits per heavy atom. The summed E-state index contributed by atoms with van der Waals surface area (Å²) in [6.45, 7) is 1.81. The molecule has 1 heterocycles. The van der Waals surface area contributed by atoms with Gasteiger partial charge in [0.15, 0.2) is 0 Å². The van der Waals surface area contributed by atoms with Gasteiger partial charge in [-0.2, -0.15) is 0 Å². The van der Waals surface area contributed by atoms with Gasteiger partial charge in [0.05, 0.1) is 0 Å². The molecule has 138 valence electrons. The quantitative estimate of drug-likeness (QED) is 0.477. The van der Waals surface area contributed by atoms with Crippen molar-refractivity contribution < 1.29 is 14.7 Å². The van der Waals surface area contributed by atoms with Crippen LogP contribution in [0.15, 0.2) is 52.3 Å². The number of nitrogen functional groups attached to an aromatic ring is 1. The van der Waals surface area contributed by atoms with Gasteiger partial charge in [-0.05, 0) is 49.4 Å². The number of carbonyl (C=O) groups excluding carboxylic acids is 1. The summed E-state index contributed by atoms with van der Waals surface area (Å²) in [5.41, 5.74) is 7.46. The Labute approximate surface area is 162 Å². The fourth-order valence-corrected chi connectivity index (χ4v) is 3.58. The standard InChI is InChI=1S/C17H15N5O3S2/c1-9-21-22-16(26-9)20-15(23)10-2-7-14(13(18)8-10)27-12-5-3-11(4-6-12)19-17(24)25/h2-8,19H,18H2,1H3,(H,24,25)(H,20,22,23). The topological polar surface area (TPSA) is 130 Å². The molecule has 0 radical (unpaired) electrons. The molecule has 5 N–H and O–H groups in total. The maximum atomic E-state index is 12.3. The van der Waals surface area contributed by atoms with Crippen LogP contribution in [0, 0.1) is 6.92 Å². The lowest BCUT2D eigenvalue weighted by Gasteiger charge is -2.08. The van der Waals surface area contributed by atoms with Crippen molar-refractivity contribution in [2.45, 2.75) is 16.7 Å². The van der Waals surface area contributed by atoms with Gasteiger partial charge in [-0.15, -0.1) is 10.2 Å². The number of rotatable bonds is 5. The fourth-order valence-electron chi connectivity index (χ4n) is 2.16. The lowest BCUT2D eigenvalue weighted by molar-refractivity contribution is 0.102. The van der Waals surface area contributed by atoms with E-state index in [9.17, 15) is 9.59 Å². The van der Waals surface area contributed by atoms with Gasteiger partial charge in [0.2, 0.25) is 5.13 Å². The molecule has 8 nitrogen and oxygen atoms in total. The summed E-state index contributed by atoms with van der Waals surface area (Å²) in [5, 5.41) is 22.6. The third-order valence-corrected chi connectivity index (χ3v) is 5.21. The Morgan fingerprint density at radius 3 is 2.44 bits per heavy atom. The first-order valence-electron chi connectivity index (χ1n) is 7.69. The number of carboxylic acid groups (broad SMARTS) is 1. The number of aryl methyl sites for hydroxylation is 1. The summed E-state index contributed by atoms with van der Waals surface area (Å²) >= 11 is 2.71. The van der Waals surface area contributed by atoms with Crippen molar-refractivity contribution in [2.24, 2.45) is 0 Å². The van der Waals surface area contributed by atoms with Crippen molar-refractivity contribution in [3.63, 3.8) is 0 Å². The molecule has 0 saturated heterocycles. The number of aromatic nitrogens is 2. The number of carbonyl (C=O) groups is 2. The number of hydrogen-bond donors (Lipinski definition) is 4. The molecule has 1 aromatic heterocycles. The second-order valence-electron chi connectivity index (χ2n) is 5.39. The van der Waals surface area contributed by atoms with E-state index in [0.29, 0.717) is 22.1 Å². The third-order valence-electron chi connectivity index (χ3n) is 3.35. The van der Waals surface area contributed by atoms with Gasteiger partial charge in [0, 0.05) is 26.7 Å². The molecule has 3 aromatic rings. The molecule has 0 saturated carbocycles. The van der Waals surface area contributed by atoms with Gasteiger partial charge in [0.25, 0.3) is 5.91 Å². The zero-order chi connectivity index (χ0) is 19.4. The molecule has 0 aliphatic rings. The summed E-state index contributed by atoms with van der Waals surface area (Å²) in [4.78, 5) is 24.6. The molecule has 0 bridgehead atoms. The van der Waals surface area contributed by atoms with Crippen LogP contribution in [0.3, 0.4) is 0 Å². The van der Waals surface area contributed by atoms with Gasteiger partial charge in [0.1, 0.15) is 5.01 Å². The van der Waals surface area contributed by atoms with Crippen LogP contribution in [0.1, 0.15) is 15.4 Å². The molecule has 0 fully saturated rings. The molecule has 2 aromatic carbocycles. The van der Waals surface area contributed by atoms with E-state index in [1.54, 1.807) is 42.5 Å². The van der Waals surface area contributed by atoms with Crippen molar-refractivity contribution in [3.05, 3.63) is 53.0 Å². The molecular formula is C17H15N5O3S2. The molecule has 10 heteroatoms. The molecule has 0 aliphatic heterocycles. The number of benzene rings is 2. The number of nitrogens with two attached hydrogens (primary N) is 1. The number of hydrogen-bond acceptors (Lipinski definition) is 7. The van der Waals surface area contributed by atoms with E-state index >= 15 is 0 Å². The molecule has 0 aliphatic carbocycles. The molecule has 2 amide bonds. The van der Waals surface area contributed by atoms with E-state index in [4.69, 9.17) is 10.8 Å². The Kier molecular flexibility index (Phi) is 5.57. The van der Waals surface area contributed by atoms with Crippen LogP contribution < -0.4 is 16.4 Å². The highest BCUT2D eigenvalue weighted by Crippen LogP contribution is 2.33. The number of amides is 2. The van der Waals surface area contributed by atoms with E-state index in [1.165, 1.54) is 23.1 Å². The van der Waals surface area contributed by atoms with Crippen LogP contribution in [0.5, 0.6) is 0 Å². The maximum absolute atomic E-state index is 12.3. The average Bonchev–Trinajstić information content (AvgIpc) is 3.02. The smallest absolute Gasteiger partial charge is 0.409 e. The van der Waals surface area contributed by atoms with E-state index in [2.05, 4.69) is 20.8 Å². The molecule has 0 atom stereocenters. The van der Waals surface area contributed by atoms with Crippen LogP contribution in [0.25, 0.3) is 0 Å². The SMILES string of the molecule is Cc1nnc(NC(=O)c2ccc(Sc3ccc(NC(=O)O)cc3)c(N)c2)s1. The average molecular weight is 401 g/mol. The summed E-state index contributed by atoms with van der Waals surface area (Å²) < 4.78 is 0. The van der Waals surface area contributed by atoms with E-state index in [-0.39, 0.29) is 5.91 Å². The lowest BCUT2D eigenvalue weighted by atomic mass is 10.2. The molecule has 27 heavy (non-hydrogen) atoms. The number of nitrogens with zero attached hydrogens (tertiary/aromatic N) is 2. The molecule has 0 unspecified atom stereocenters. The highest BCUT2D eigenvalue weighted by atomic mass is 32.2. The van der Waals surface area contributed by atoms with Gasteiger partial charge >= 0.3 is 6.09 Å². The van der Waals surface area contributed by atoms with E-state index < -0.39 is 6.09 Å². The maximum Gasteiger partial charge on any atom is 0.409 e. The number of anilines is 3. The zero-order valence-electron chi connectivity index (χ0n) is 14.1. The Hall–Kier alpha value is -3.11. The number of nitrogens with one attached hydrogen (secondary N) is 2. The Bertz CT molecular complexity index is 988. The van der Waals surface area contributed by atoms with Gasteiger partial charge in [-0.1, -0.05) is 23.1 Å². The Morgan fingerprint density at radius 1 is 1.11 bits per heavy atom. The predicted octanol–water partition coefficient (Wildman–Crippen LogP) is 3.92. The van der Waals surface area contributed by atoms with Gasteiger partial charge < -0.3 is 10.8 Å². The monoisotopic (exact) mass is 401 g/mol. The molecule has 3 rings (SSSR count). The summed E-state index contributed by atoms with van der Waals surface area (Å²) in [5.74, 6) is -0.307. The van der Waals surface area contributed by atoms with Crippen LogP contribution in [0.2, 0.25) is 0 Å². The summed E-state index contributed by atoms with van der Waals surface area (Å²) in [7, 11) is 0. The summed E-state index contributed by atoms with van der Waals surface area (Å²) in [6, 6.07) is 12.0. The van der Waals surface area contributed by atoms with Crippen LogP contribution >= 0.6 is 23.1 Å². The first-order chi connectivity index (χ1) is 12.9. The highest BCUT2D eigenvalue weighted by molar-refractivity contribution is 7.99. The minimum Gasteiger partial charge on any atom is -0.465 e. The van der Waals surface area contributed by atoms with Gasteiger partial charge in [-0.25, -0.2) is 4.79 Å². The third kappa shape index (κ3) is 4.96. The van der Waals surface area contributed by atoms with Crippen LogP contribution in [-0.2, 0) is 0 Å². The van der Waals surface area contributed by atoms with Crippen LogP contribution in [0.4, 0.5) is 21.3 Å². The minimum absolute atomic E-state index is 0.307. The van der Waals surface area contributed by atoms with Crippen molar-refractivity contribution in [1.82, 2.24) is 10.2 Å². The Balaban J connectivity index is 1.69. The van der Waals surface area contributed by atoms with Gasteiger partial charge in [-0.3, -0.25) is 15.4 Å². The fraction of sp³-hybridized carbons (Fsp3) is 0.0588. The van der Waals surface area contributed by atoms with Crippen LogP contribution in [-0.4, -0.2) is 27.3 Å². The molecule has 0 spiro atoms. The second kappa shape index (κ2) is 8.06. The largest absolute Gasteiger partial charge is 0.465 e.